The average Bonchev–Trinajstić information content (AvgIpc) is 2.28. The van der Waals surface area contributed by atoms with Crippen LogP contribution in [0.15, 0.2) is 18.2 Å². The van der Waals surface area contributed by atoms with E-state index in [1.54, 1.807) is 19.9 Å². The van der Waals surface area contributed by atoms with E-state index in [-0.39, 0.29) is 17.4 Å². The fraction of sp³-hybridized carbons (Fsp3) is 0.333. The van der Waals surface area contributed by atoms with Gasteiger partial charge < -0.3 is 15.2 Å². The minimum Gasteiger partial charge on any atom is -0.460 e. The summed E-state index contributed by atoms with van der Waals surface area (Å²) in [6, 6.07) is 4.43. The molecule has 0 atom stereocenters. The van der Waals surface area contributed by atoms with Gasteiger partial charge in [0.25, 0.3) is 0 Å². The summed E-state index contributed by atoms with van der Waals surface area (Å²) in [6.45, 7) is 2.95. The predicted octanol–water partition coefficient (Wildman–Crippen LogP) is 2.03. The number of hydrogen-bond acceptors (Lipinski definition) is 5. The van der Waals surface area contributed by atoms with E-state index in [9.17, 15) is 9.59 Å². The molecule has 6 heteroatoms. The number of esters is 2. The van der Waals surface area contributed by atoms with Crippen LogP contribution in [0.5, 0.6) is 0 Å². The second-order valence-electron chi connectivity index (χ2n) is 3.85. The van der Waals surface area contributed by atoms with Crippen LogP contribution in [-0.4, -0.2) is 24.6 Å². The molecule has 18 heavy (non-hydrogen) atoms. The minimum absolute atomic E-state index is 0.125. The molecule has 1 aromatic carbocycles. The van der Waals surface area contributed by atoms with E-state index >= 15 is 0 Å². The van der Waals surface area contributed by atoms with Crippen molar-refractivity contribution in [3.8, 4) is 0 Å². The smallest absolute Gasteiger partial charge is 0.344 e. The third-order valence-electron chi connectivity index (χ3n) is 1.92. The van der Waals surface area contributed by atoms with Crippen LogP contribution in [0, 0.1) is 0 Å². The number of hydrogen-bond donors (Lipinski definition) is 1. The van der Waals surface area contributed by atoms with E-state index in [0.717, 1.165) is 0 Å². The molecule has 0 amide bonds. The van der Waals surface area contributed by atoms with E-state index in [2.05, 4.69) is 0 Å². The van der Waals surface area contributed by atoms with Crippen LogP contribution < -0.4 is 5.73 Å². The maximum atomic E-state index is 11.6. The van der Waals surface area contributed by atoms with Crippen molar-refractivity contribution in [2.24, 2.45) is 0 Å². The average molecular weight is 272 g/mol. The summed E-state index contributed by atoms with van der Waals surface area (Å²) in [5, 5.41) is 0.362. The van der Waals surface area contributed by atoms with Crippen LogP contribution >= 0.6 is 11.6 Å². The number of carbonyl (C=O) groups excluding carboxylic acids is 2. The lowest BCUT2D eigenvalue weighted by Crippen LogP contribution is -2.20. The minimum atomic E-state index is -0.712. The van der Waals surface area contributed by atoms with Gasteiger partial charge in [-0.1, -0.05) is 11.6 Å². The van der Waals surface area contributed by atoms with E-state index in [1.165, 1.54) is 12.1 Å². The Morgan fingerprint density at radius 2 is 2.06 bits per heavy atom. The number of benzene rings is 1. The number of nitrogen functional groups attached to an aromatic ring is 1. The normalized spacial score (nSPS) is 10.2. The van der Waals surface area contributed by atoms with Crippen molar-refractivity contribution in [3.63, 3.8) is 0 Å². The molecule has 0 unspecified atom stereocenters. The number of ether oxygens (including phenoxy) is 2. The van der Waals surface area contributed by atoms with Crippen molar-refractivity contribution in [2.45, 2.75) is 20.0 Å². The molecular weight excluding hydrogens is 258 g/mol. The fourth-order valence-corrected chi connectivity index (χ4v) is 1.38. The molecule has 98 valence electrons. The van der Waals surface area contributed by atoms with Crippen LogP contribution in [0.4, 0.5) is 5.69 Å². The van der Waals surface area contributed by atoms with E-state index < -0.39 is 18.5 Å². The quantitative estimate of drug-likeness (QED) is 0.670. The van der Waals surface area contributed by atoms with Crippen LogP contribution in [0.25, 0.3) is 0 Å². The molecule has 0 bridgehead atoms. The second-order valence-corrected chi connectivity index (χ2v) is 4.28. The summed E-state index contributed by atoms with van der Waals surface area (Å²) in [7, 11) is 0. The molecule has 0 saturated heterocycles. The van der Waals surface area contributed by atoms with Crippen LogP contribution in [-0.2, 0) is 14.3 Å². The Hall–Kier alpha value is -1.75. The van der Waals surface area contributed by atoms with Gasteiger partial charge in [0.15, 0.2) is 6.61 Å². The van der Waals surface area contributed by atoms with Crippen molar-refractivity contribution >= 4 is 29.2 Å². The summed E-state index contributed by atoms with van der Waals surface area (Å²) in [4.78, 5) is 22.8. The van der Waals surface area contributed by atoms with E-state index in [4.69, 9.17) is 26.8 Å². The highest BCUT2D eigenvalue weighted by atomic mass is 35.5. The molecule has 0 fully saturated rings. The maximum absolute atomic E-state index is 11.6. The summed E-state index contributed by atoms with van der Waals surface area (Å²) < 4.78 is 9.59. The molecule has 1 rings (SSSR count). The summed E-state index contributed by atoms with van der Waals surface area (Å²) in [6.07, 6.45) is -0.257. The highest BCUT2D eigenvalue weighted by molar-refractivity contribution is 6.31. The monoisotopic (exact) mass is 271 g/mol. The number of carbonyl (C=O) groups is 2. The Morgan fingerprint density at radius 1 is 1.39 bits per heavy atom. The molecule has 1 aromatic rings. The molecule has 0 saturated carbocycles. The molecule has 5 nitrogen and oxygen atoms in total. The number of nitrogens with two attached hydrogens (primary N) is 1. The molecule has 0 spiro atoms. The van der Waals surface area contributed by atoms with Crippen LogP contribution in [0.3, 0.4) is 0 Å². The van der Waals surface area contributed by atoms with E-state index in [0.29, 0.717) is 5.02 Å². The Bertz CT molecular complexity index is 459. The van der Waals surface area contributed by atoms with Gasteiger partial charge in [0.05, 0.1) is 11.7 Å². The van der Waals surface area contributed by atoms with Crippen molar-refractivity contribution < 1.29 is 19.1 Å². The topological polar surface area (TPSA) is 78.6 Å². The third kappa shape index (κ3) is 4.25. The SMILES string of the molecule is CC(C)OC(=O)COC(=O)c1cc(Cl)ccc1N. The van der Waals surface area contributed by atoms with Crippen molar-refractivity contribution in [1.82, 2.24) is 0 Å². The molecule has 0 aliphatic heterocycles. The van der Waals surface area contributed by atoms with Crippen LogP contribution in [0.1, 0.15) is 24.2 Å². The van der Waals surface area contributed by atoms with Gasteiger partial charge in [-0.3, -0.25) is 0 Å². The molecule has 2 N–H and O–H groups in total. The summed E-state index contributed by atoms with van der Waals surface area (Å²) in [5.74, 6) is -1.32. The Balaban J connectivity index is 2.60. The van der Waals surface area contributed by atoms with Gasteiger partial charge in [-0.25, -0.2) is 9.59 Å². The highest BCUT2D eigenvalue weighted by Crippen LogP contribution is 2.18. The van der Waals surface area contributed by atoms with Gasteiger partial charge in [-0.05, 0) is 32.0 Å². The first-order valence-electron chi connectivity index (χ1n) is 5.31. The first kappa shape index (κ1) is 14.3. The first-order chi connectivity index (χ1) is 8.40. The van der Waals surface area contributed by atoms with E-state index in [1.807, 2.05) is 0 Å². The van der Waals surface area contributed by atoms with Crippen molar-refractivity contribution in [3.05, 3.63) is 28.8 Å². The lowest BCUT2D eigenvalue weighted by Gasteiger charge is -2.09. The molecule has 0 aliphatic carbocycles. The zero-order chi connectivity index (χ0) is 13.7. The maximum Gasteiger partial charge on any atom is 0.344 e. The zero-order valence-corrected chi connectivity index (χ0v) is 10.9. The van der Waals surface area contributed by atoms with Crippen LogP contribution in [0.2, 0.25) is 5.02 Å². The zero-order valence-electron chi connectivity index (χ0n) is 10.1. The standard InChI is InChI=1S/C12H14ClNO4/c1-7(2)18-11(15)6-17-12(16)9-5-8(13)3-4-10(9)14/h3-5,7H,6,14H2,1-2H3. The van der Waals surface area contributed by atoms with Crippen molar-refractivity contribution in [2.75, 3.05) is 12.3 Å². The Kier molecular flexibility index (Phi) is 4.97. The van der Waals surface area contributed by atoms with Gasteiger partial charge in [-0.15, -0.1) is 0 Å². The number of halogens is 1. The Morgan fingerprint density at radius 3 is 2.67 bits per heavy atom. The second kappa shape index (κ2) is 6.26. The van der Waals surface area contributed by atoms with Gasteiger partial charge in [0.1, 0.15) is 0 Å². The van der Waals surface area contributed by atoms with Gasteiger partial charge in [-0.2, -0.15) is 0 Å². The van der Waals surface area contributed by atoms with Gasteiger partial charge >= 0.3 is 11.9 Å². The highest BCUT2D eigenvalue weighted by Gasteiger charge is 2.14. The summed E-state index contributed by atoms with van der Waals surface area (Å²) in [5.41, 5.74) is 5.96. The lowest BCUT2D eigenvalue weighted by molar-refractivity contribution is -0.150. The largest absolute Gasteiger partial charge is 0.460 e. The number of rotatable bonds is 4. The van der Waals surface area contributed by atoms with Gasteiger partial charge in [0, 0.05) is 10.7 Å². The third-order valence-corrected chi connectivity index (χ3v) is 2.16. The Labute approximate surface area is 110 Å². The van der Waals surface area contributed by atoms with Gasteiger partial charge in [0.2, 0.25) is 0 Å². The lowest BCUT2D eigenvalue weighted by atomic mass is 10.2. The molecule has 0 radical (unpaired) electrons. The molecule has 0 aromatic heterocycles. The predicted molar refractivity (Wildman–Crippen MR) is 67.4 cm³/mol. The molecule has 0 aliphatic rings. The fourth-order valence-electron chi connectivity index (χ4n) is 1.20. The number of anilines is 1. The first-order valence-corrected chi connectivity index (χ1v) is 5.69. The summed E-state index contributed by atoms with van der Waals surface area (Å²) >= 11 is 5.74. The molecule has 0 heterocycles. The molecular formula is C12H14ClNO4. The van der Waals surface area contributed by atoms with Crippen molar-refractivity contribution in [1.29, 1.82) is 0 Å².